The molecule has 2 aliphatic rings. The van der Waals surface area contributed by atoms with Gasteiger partial charge in [-0.25, -0.2) is 8.42 Å². The molecule has 2 heterocycles. The third kappa shape index (κ3) is 3.19. The van der Waals surface area contributed by atoms with E-state index in [-0.39, 0.29) is 10.8 Å². The van der Waals surface area contributed by atoms with Gasteiger partial charge in [-0.1, -0.05) is 24.3 Å². The first-order valence-corrected chi connectivity index (χ1v) is 11.0. The normalized spacial score (nSPS) is 19.5. The molecule has 0 aliphatic carbocycles. The van der Waals surface area contributed by atoms with Crippen LogP contribution in [0.25, 0.3) is 10.8 Å². The van der Waals surface area contributed by atoms with Crippen molar-refractivity contribution >= 4 is 32.4 Å². The van der Waals surface area contributed by atoms with Crippen molar-refractivity contribution in [2.45, 2.75) is 37.1 Å². The highest BCUT2D eigenvalue weighted by Crippen LogP contribution is 2.43. The number of sulfonamides is 1. The molecule has 0 aromatic heterocycles. The Morgan fingerprint density at radius 2 is 1.85 bits per heavy atom. The molecule has 0 spiro atoms. The maximum absolute atomic E-state index is 13.1. The number of anilines is 1. The number of nitrogens with one attached hydrogen (secondary N) is 1. The Labute approximate surface area is 160 Å². The van der Waals surface area contributed by atoms with Crippen molar-refractivity contribution in [1.29, 1.82) is 0 Å². The lowest BCUT2D eigenvalue weighted by molar-refractivity contribution is -0.121. The first-order valence-electron chi connectivity index (χ1n) is 9.56. The third-order valence-electron chi connectivity index (χ3n) is 5.50. The Balaban J connectivity index is 1.48. The number of amides is 1. The monoisotopic (exact) mass is 387 g/mol. The molecule has 0 saturated carbocycles. The van der Waals surface area contributed by atoms with E-state index in [4.69, 9.17) is 0 Å². The molecular weight excluding hydrogens is 362 g/mol. The fourth-order valence-electron chi connectivity index (χ4n) is 4.11. The number of carbonyl (C=O) groups is 1. The molecule has 2 aromatic carbocycles. The van der Waals surface area contributed by atoms with Crippen LogP contribution in [0.15, 0.2) is 41.3 Å². The Hall–Kier alpha value is -2.12. The summed E-state index contributed by atoms with van der Waals surface area (Å²) in [5, 5.41) is 4.48. The standard InChI is InChI=1S/C20H25N3O3S/c1-15(20(24)21-11-6-14-22-12-2-3-13-22)23-17-9-4-7-16-8-5-10-18(19(16)17)27(23,25)26/h4-5,7-10,15H,2-3,6,11-14H2,1H3,(H,21,24). The van der Waals surface area contributed by atoms with Crippen LogP contribution in [-0.2, 0) is 14.8 Å². The third-order valence-corrected chi connectivity index (χ3v) is 7.43. The summed E-state index contributed by atoms with van der Waals surface area (Å²) in [7, 11) is -3.72. The quantitative estimate of drug-likeness (QED) is 0.773. The van der Waals surface area contributed by atoms with Crippen molar-refractivity contribution in [3.05, 3.63) is 36.4 Å². The number of rotatable bonds is 6. The molecule has 2 aromatic rings. The van der Waals surface area contributed by atoms with Crippen LogP contribution in [0.5, 0.6) is 0 Å². The van der Waals surface area contributed by atoms with Crippen LogP contribution in [0, 0.1) is 0 Å². The summed E-state index contributed by atoms with van der Waals surface area (Å²) in [6.45, 7) is 5.46. The molecule has 6 nitrogen and oxygen atoms in total. The second-order valence-corrected chi connectivity index (χ2v) is 9.08. The first-order chi connectivity index (χ1) is 13.0. The average molecular weight is 388 g/mol. The molecule has 144 valence electrons. The predicted octanol–water partition coefficient (Wildman–Crippen LogP) is 2.34. The minimum Gasteiger partial charge on any atom is -0.354 e. The molecule has 1 fully saturated rings. The van der Waals surface area contributed by atoms with Gasteiger partial charge in [-0.2, -0.15) is 0 Å². The zero-order chi connectivity index (χ0) is 19.0. The molecule has 27 heavy (non-hydrogen) atoms. The number of hydrogen-bond acceptors (Lipinski definition) is 4. The molecule has 0 bridgehead atoms. The van der Waals surface area contributed by atoms with E-state index in [1.165, 1.54) is 17.1 Å². The van der Waals surface area contributed by atoms with Gasteiger partial charge in [0.25, 0.3) is 10.0 Å². The summed E-state index contributed by atoms with van der Waals surface area (Å²) in [4.78, 5) is 15.3. The lowest BCUT2D eigenvalue weighted by atomic mass is 10.1. The largest absolute Gasteiger partial charge is 0.354 e. The van der Waals surface area contributed by atoms with Crippen molar-refractivity contribution in [2.75, 3.05) is 30.5 Å². The van der Waals surface area contributed by atoms with Gasteiger partial charge >= 0.3 is 0 Å². The Morgan fingerprint density at radius 3 is 2.59 bits per heavy atom. The summed E-state index contributed by atoms with van der Waals surface area (Å²) < 4.78 is 27.4. The van der Waals surface area contributed by atoms with Gasteiger partial charge < -0.3 is 10.2 Å². The van der Waals surface area contributed by atoms with Gasteiger partial charge in [0.2, 0.25) is 5.91 Å². The minimum absolute atomic E-state index is 0.259. The fraction of sp³-hybridized carbons (Fsp3) is 0.450. The molecule has 2 aliphatic heterocycles. The van der Waals surface area contributed by atoms with Gasteiger partial charge in [0.15, 0.2) is 0 Å². The number of hydrogen-bond donors (Lipinski definition) is 1. The molecule has 1 atom stereocenters. The van der Waals surface area contributed by atoms with E-state index in [2.05, 4.69) is 10.2 Å². The number of carbonyl (C=O) groups excluding carboxylic acids is 1. The van der Waals surface area contributed by atoms with Crippen molar-refractivity contribution in [1.82, 2.24) is 10.2 Å². The molecule has 1 amide bonds. The Bertz CT molecular complexity index is 962. The molecule has 4 rings (SSSR count). The number of nitrogens with zero attached hydrogens (tertiary/aromatic N) is 2. The SMILES string of the molecule is CC(C(=O)NCCCN1CCCC1)N1c2cccc3cccc(c23)S1(=O)=O. The van der Waals surface area contributed by atoms with Gasteiger partial charge in [-0.15, -0.1) is 0 Å². The highest BCUT2D eigenvalue weighted by atomic mass is 32.2. The topological polar surface area (TPSA) is 69.7 Å². The summed E-state index contributed by atoms with van der Waals surface area (Å²) in [6, 6.07) is 9.95. The van der Waals surface area contributed by atoms with E-state index in [0.717, 1.165) is 31.4 Å². The Morgan fingerprint density at radius 1 is 1.15 bits per heavy atom. The average Bonchev–Trinajstić information content (AvgIpc) is 3.25. The maximum atomic E-state index is 13.1. The summed E-state index contributed by atoms with van der Waals surface area (Å²) in [5.74, 6) is -0.259. The minimum atomic E-state index is -3.72. The van der Waals surface area contributed by atoms with Crippen LogP contribution >= 0.6 is 0 Å². The number of likely N-dealkylation sites (tertiary alicyclic amines) is 1. The van der Waals surface area contributed by atoms with E-state index in [1.54, 1.807) is 25.1 Å². The first kappa shape index (κ1) is 18.3. The van der Waals surface area contributed by atoms with Crippen molar-refractivity contribution in [3.63, 3.8) is 0 Å². The van der Waals surface area contributed by atoms with Crippen LogP contribution < -0.4 is 9.62 Å². The van der Waals surface area contributed by atoms with Gasteiger partial charge in [0.1, 0.15) is 6.04 Å². The lowest BCUT2D eigenvalue weighted by Crippen LogP contribution is -2.47. The molecule has 1 N–H and O–H groups in total. The molecule has 1 saturated heterocycles. The molecule has 0 radical (unpaired) electrons. The van der Waals surface area contributed by atoms with Crippen LogP contribution in [0.4, 0.5) is 5.69 Å². The van der Waals surface area contributed by atoms with Gasteiger partial charge in [0, 0.05) is 11.9 Å². The molecule has 1 unspecified atom stereocenters. The van der Waals surface area contributed by atoms with E-state index >= 15 is 0 Å². The van der Waals surface area contributed by atoms with Gasteiger partial charge in [-0.05, 0) is 63.3 Å². The summed E-state index contributed by atoms with van der Waals surface area (Å²) >= 11 is 0. The van der Waals surface area contributed by atoms with Crippen LogP contribution in [0.2, 0.25) is 0 Å². The zero-order valence-electron chi connectivity index (χ0n) is 15.5. The number of benzene rings is 2. The predicted molar refractivity (Wildman–Crippen MR) is 106 cm³/mol. The van der Waals surface area contributed by atoms with Gasteiger partial charge in [0.05, 0.1) is 10.6 Å². The van der Waals surface area contributed by atoms with E-state index in [1.807, 2.05) is 18.2 Å². The molecule has 7 heteroatoms. The van der Waals surface area contributed by atoms with Crippen LogP contribution in [0.1, 0.15) is 26.2 Å². The highest BCUT2D eigenvalue weighted by Gasteiger charge is 2.40. The summed E-state index contributed by atoms with van der Waals surface area (Å²) in [5.41, 5.74) is 0.586. The highest BCUT2D eigenvalue weighted by molar-refractivity contribution is 7.93. The fourth-order valence-corrected chi connectivity index (χ4v) is 5.98. The van der Waals surface area contributed by atoms with E-state index < -0.39 is 16.1 Å². The van der Waals surface area contributed by atoms with Crippen molar-refractivity contribution in [3.8, 4) is 0 Å². The zero-order valence-corrected chi connectivity index (χ0v) is 16.3. The molecular formula is C20H25N3O3S. The van der Waals surface area contributed by atoms with Crippen LogP contribution in [0.3, 0.4) is 0 Å². The lowest BCUT2D eigenvalue weighted by Gasteiger charge is -2.25. The maximum Gasteiger partial charge on any atom is 0.265 e. The Kier molecular flexibility index (Phi) is 4.82. The van der Waals surface area contributed by atoms with Gasteiger partial charge in [-0.3, -0.25) is 9.10 Å². The van der Waals surface area contributed by atoms with Crippen molar-refractivity contribution in [2.24, 2.45) is 0 Å². The summed E-state index contributed by atoms with van der Waals surface area (Å²) in [6.07, 6.45) is 3.38. The second-order valence-electron chi connectivity index (χ2n) is 7.30. The second kappa shape index (κ2) is 7.13. The smallest absolute Gasteiger partial charge is 0.265 e. The van der Waals surface area contributed by atoms with E-state index in [0.29, 0.717) is 17.6 Å². The van der Waals surface area contributed by atoms with E-state index in [9.17, 15) is 13.2 Å². The van der Waals surface area contributed by atoms with Crippen molar-refractivity contribution < 1.29 is 13.2 Å². The van der Waals surface area contributed by atoms with Crippen LogP contribution in [-0.4, -0.2) is 51.4 Å².